The van der Waals surface area contributed by atoms with Crippen molar-refractivity contribution in [3.63, 3.8) is 0 Å². The Balaban J connectivity index is 2.07. The number of hydrogen-bond acceptors (Lipinski definition) is 3. The van der Waals surface area contributed by atoms with Crippen LogP contribution in [0.3, 0.4) is 0 Å². The Kier molecular flexibility index (Phi) is 2.22. The number of nitrogens with zero attached hydrogens (tertiary/aromatic N) is 2. The average Bonchev–Trinajstić information content (AvgIpc) is 3.09. The van der Waals surface area contributed by atoms with Crippen molar-refractivity contribution in [3.05, 3.63) is 35.7 Å². The minimum absolute atomic E-state index is 0.0221. The van der Waals surface area contributed by atoms with E-state index in [-0.39, 0.29) is 6.61 Å². The first kappa shape index (κ1) is 9.54. The third-order valence-corrected chi connectivity index (χ3v) is 2.95. The van der Waals surface area contributed by atoms with Crippen LogP contribution < -0.4 is 0 Å². The van der Waals surface area contributed by atoms with Crippen molar-refractivity contribution in [2.75, 3.05) is 0 Å². The third kappa shape index (κ3) is 1.51. The van der Waals surface area contributed by atoms with Gasteiger partial charge in [0.2, 0.25) is 0 Å². The highest BCUT2D eigenvalue weighted by molar-refractivity contribution is 5.60. The second kappa shape index (κ2) is 3.72. The van der Waals surface area contributed by atoms with E-state index in [1.165, 1.54) is 12.8 Å². The Bertz CT molecular complexity index is 488. The van der Waals surface area contributed by atoms with Crippen LogP contribution in [0.5, 0.6) is 0 Å². The maximum atomic E-state index is 9.44. The van der Waals surface area contributed by atoms with Gasteiger partial charge in [-0.15, -0.1) is 0 Å². The zero-order valence-electron chi connectivity index (χ0n) is 8.85. The van der Waals surface area contributed by atoms with Gasteiger partial charge in [0, 0.05) is 23.4 Å². The molecule has 0 radical (unpaired) electrons. The summed E-state index contributed by atoms with van der Waals surface area (Å²) in [5.41, 5.74) is 3.59. The maximum absolute atomic E-state index is 9.44. The fourth-order valence-corrected chi connectivity index (χ4v) is 1.96. The van der Waals surface area contributed by atoms with Gasteiger partial charge < -0.3 is 5.11 Å². The molecule has 0 atom stereocenters. The molecule has 0 bridgehead atoms. The van der Waals surface area contributed by atoms with E-state index in [9.17, 15) is 5.11 Å². The Hall–Kier alpha value is -1.68. The van der Waals surface area contributed by atoms with Crippen LogP contribution in [0, 0.1) is 0 Å². The van der Waals surface area contributed by atoms with E-state index >= 15 is 0 Å². The molecule has 82 valence electrons. The molecule has 4 heteroatoms. The Morgan fingerprint density at radius 2 is 2.25 bits per heavy atom. The molecule has 2 heterocycles. The molecule has 2 N–H and O–H groups in total. The van der Waals surface area contributed by atoms with E-state index in [2.05, 4.69) is 15.2 Å². The lowest BCUT2D eigenvalue weighted by Gasteiger charge is -2.00. The second-order valence-electron chi connectivity index (χ2n) is 4.11. The van der Waals surface area contributed by atoms with Crippen molar-refractivity contribution in [2.24, 2.45) is 0 Å². The largest absolute Gasteiger partial charge is 0.392 e. The number of aromatic amines is 1. The number of nitrogens with one attached hydrogen (secondary N) is 1. The fraction of sp³-hybridized carbons (Fsp3) is 0.333. The first-order valence-corrected chi connectivity index (χ1v) is 5.49. The second-order valence-corrected chi connectivity index (χ2v) is 4.11. The molecule has 1 saturated carbocycles. The lowest BCUT2D eigenvalue weighted by molar-refractivity contribution is 0.281. The first-order chi connectivity index (χ1) is 7.90. The van der Waals surface area contributed by atoms with Crippen LogP contribution in [0.2, 0.25) is 0 Å². The number of aliphatic hydroxyl groups is 1. The summed E-state index contributed by atoms with van der Waals surface area (Å²) in [7, 11) is 0. The van der Waals surface area contributed by atoms with Gasteiger partial charge in [0.1, 0.15) is 5.69 Å². The van der Waals surface area contributed by atoms with Gasteiger partial charge in [-0.1, -0.05) is 6.07 Å². The van der Waals surface area contributed by atoms with Crippen molar-refractivity contribution < 1.29 is 5.11 Å². The Morgan fingerprint density at radius 1 is 1.38 bits per heavy atom. The van der Waals surface area contributed by atoms with Gasteiger partial charge >= 0.3 is 0 Å². The van der Waals surface area contributed by atoms with Gasteiger partial charge in [-0.25, -0.2) is 0 Å². The van der Waals surface area contributed by atoms with Crippen LogP contribution in [-0.2, 0) is 6.61 Å². The van der Waals surface area contributed by atoms with Crippen LogP contribution in [0.1, 0.15) is 30.0 Å². The minimum atomic E-state index is 0.0221. The molecule has 16 heavy (non-hydrogen) atoms. The number of hydrogen-bond donors (Lipinski definition) is 2. The normalized spacial score (nSPS) is 15.3. The van der Waals surface area contributed by atoms with Crippen molar-refractivity contribution in [3.8, 4) is 11.4 Å². The van der Waals surface area contributed by atoms with Gasteiger partial charge in [0.25, 0.3) is 0 Å². The van der Waals surface area contributed by atoms with E-state index in [4.69, 9.17) is 0 Å². The Morgan fingerprint density at radius 3 is 2.88 bits per heavy atom. The molecular formula is C12H13N3O. The number of aliphatic hydroxyl groups excluding tert-OH is 1. The topological polar surface area (TPSA) is 61.8 Å². The zero-order valence-corrected chi connectivity index (χ0v) is 8.85. The number of pyridine rings is 1. The molecule has 1 aliphatic rings. The van der Waals surface area contributed by atoms with Gasteiger partial charge in [-0.05, 0) is 25.0 Å². The highest BCUT2D eigenvalue weighted by Gasteiger charge is 2.29. The predicted molar refractivity (Wildman–Crippen MR) is 59.7 cm³/mol. The monoisotopic (exact) mass is 215 g/mol. The van der Waals surface area contributed by atoms with Crippen LogP contribution in [-0.4, -0.2) is 20.3 Å². The molecule has 3 rings (SSSR count). The molecule has 0 amide bonds. The van der Waals surface area contributed by atoms with Crippen molar-refractivity contribution in [2.45, 2.75) is 25.4 Å². The predicted octanol–water partition coefficient (Wildman–Crippen LogP) is 1.84. The van der Waals surface area contributed by atoms with Crippen LogP contribution >= 0.6 is 0 Å². The van der Waals surface area contributed by atoms with Crippen LogP contribution in [0.4, 0.5) is 0 Å². The van der Waals surface area contributed by atoms with Gasteiger partial charge in [-0.3, -0.25) is 10.1 Å². The molecule has 2 aromatic heterocycles. The number of rotatable bonds is 3. The molecule has 0 aromatic carbocycles. The summed E-state index contributed by atoms with van der Waals surface area (Å²) < 4.78 is 0. The Labute approximate surface area is 93.4 Å². The molecule has 4 nitrogen and oxygen atoms in total. The quantitative estimate of drug-likeness (QED) is 0.821. The summed E-state index contributed by atoms with van der Waals surface area (Å²) in [6, 6.07) is 5.71. The maximum Gasteiger partial charge on any atom is 0.116 e. The SMILES string of the molecule is OCc1c(-c2ccccn2)n[nH]c1C1CC1. The summed E-state index contributed by atoms with van der Waals surface area (Å²) in [4.78, 5) is 4.26. The highest BCUT2D eigenvalue weighted by Crippen LogP contribution is 2.42. The summed E-state index contributed by atoms with van der Waals surface area (Å²) in [5.74, 6) is 0.562. The molecule has 0 saturated heterocycles. The lowest BCUT2D eigenvalue weighted by Crippen LogP contribution is -1.92. The molecule has 0 spiro atoms. The molecule has 0 aliphatic heterocycles. The molecule has 1 fully saturated rings. The van der Waals surface area contributed by atoms with E-state index in [0.29, 0.717) is 5.92 Å². The van der Waals surface area contributed by atoms with Crippen molar-refractivity contribution in [1.82, 2.24) is 15.2 Å². The van der Waals surface area contributed by atoms with Gasteiger partial charge in [0.05, 0.1) is 12.3 Å². The summed E-state index contributed by atoms with van der Waals surface area (Å²) in [6.45, 7) is 0.0221. The van der Waals surface area contributed by atoms with Gasteiger partial charge in [0.15, 0.2) is 0 Å². The average molecular weight is 215 g/mol. The van der Waals surface area contributed by atoms with Crippen molar-refractivity contribution in [1.29, 1.82) is 0 Å². The third-order valence-electron chi connectivity index (χ3n) is 2.95. The van der Waals surface area contributed by atoms with E-state index in [1.807, 2.05) is 18.2 Å². The summed E-state index contributed by atoms with van der Waals surface area (Å²) in [6.07, 6.45) is 4.12. The first-order valence-electron chi connectivity index (χ1n) is 5.49. The van der Waals surface area contributed by atoms with E-state index in [1.54, 1.807) is 6.20 Å². The molecule has 0 unspecified atom stereocenters. The molecule has 2 aromatic rings. The lowest BCUT2D eigenvalue weighted by atomic mass is 10.1. The van der Waals surface area contributed by atoms with E-state index < -0.39 is 0 Å². The number of aromatic nitrogens is 3. The summed E-state index contributed by atoms with van der Waals surface area (Å²) in [5, 5.41) is 16.7. The van der Waals surface area contributed by atoms with Crippen molar-refractivity contribution >= 4 is 0 Å². The van der Waals surface area contributed by atoms with Crippen LogP contribution in [0.15, 0.2) is 24.4 Å². The van der Waals surface area contributed by atoms with Gasteiger partial charge in [-0.2, -0.15) is 5.10 Å². The van der Waals surface area contributed by atoms with E-state index in [0.717, 1.165) is 22.6 Å². The fourth-order valence-electron chi connectivity index (χ4n) is 1.96. The minimum Gasteiger partial charge on any atom is -0.392 e. The standard InChI is InChI=1S/C12H13N3O/c16-7-9-11(8-4-5-8)14-15-12(9)10-3-1-2-6-13-10/h1-3,6,8,16H,4-5,7H2,(H,14,15). The summed E-state index contributed by atoms with van der Waals surface area (Å²) >= 11 is 0. The molecule has 1 aliphatic carbocycles. The highest BCUT2D eigenvalue weighted by atomic mass is 16.3. The smallest absolute Gasteiger partial charge is 0.116 e. The zero-order chi connectivity index (χ0) is 11.0. The molecular weight excluding hydrogens is 202 g/mol. The number of H-pyrrole nitrogens is 1. The van der Waals surface area contributed by atoms with Crippen LogP contribution in [0.25, 0.3) is 11.4 Å².